The maximum atomic E-state index is 10.0. The zero-order valence-electron chi connectivity index (χ0n) is 6.82. The summed E-state index contributed by atoms with van der Waals surface area (Å²) in [5.41, 5.74) is 0.610. The number of carbonyl (C=O) groups is 1. The summed E-state index contributed by atoms with van der Waals surface area (Å²) >= 11 is 0. The fourth-order valence-corrected chi connectivity index (χ4v) is 1.06. The maximum Gasteiger partial charge on any atom is 0.196 e. The summed E-state index contributed by atoms with van der Waals surface area (Å²) in [6, 6.07) is 1.46. The molecule has 1 aromatic heterocycles. The summed E-state index contributed by atoms with van der Waals surface area (Å²) in [6.45, 7) is 2.00. The minimum absolute atomic E-state index is 0.00755. The molecule has 4 heteroatoms. The molecule has 1 aromatic rings. The smallest absolute Gasteiger partial charge is 0.196 e. The second-order valence-corrected chi connectivity index (χ2v) is 2.62. The third-order valence-electron chi connectivity index (χ3n) is 1.70. The number of aromatic nitrogens is 1. The standard InChI is InChI=1S/C8H11NO3/c1-6-5-7(11)9(8(6)12)3-2-4-10/h4-5,11-12H,2-3H2,1H3. The summed E-state index contributed by atoms with van der Waals surface area (Å²) in [5, 5.41) is 18.6. The van der Waals surface area contributed by atoms with Crippen molar-refractivity contribution in [3.63, 3.8) is 0 Å². The highest BCUT2D eigenvalue weighted by Gasteiger charge is 2.08. The SMILES string of the molecule is Cc1cc(O)n(CCC=O)c1O. The van der Waals surface area contributed by atoms with Gasteiger partial charge in [-0.1, -0.05) is 0 Å². The summed E-state index contributed by atoms with van der Waals surface area (Å²) < 4.78 is 1.30. The predicted octanol–water partition coefficient (Wildman–Crippen LogP) is 0.797. The van der Waals surface area contributed by atoms with Crippen LogP contribution in [0.3, 0.4) is 0 Å². The Bertz CT molecular complexity index is 291. The van der Waals surface area contributed by atoms with Crippen LogP contribution in [0.4, 0.5) is 0 Å². The van der Waals surface area contributed by atoms with Crippen LogP contribution in [0.25, 0.3) is 0 Å². The Labute approximate surface area is 70.1 Å². The van der Waals surface area contributed by atoms with Gasteiger partial charge in [0.2, 0.25) is 0 Å². The second-order valence-electron chi connectivity index (χ2n) is 2.62. The number of rotatable bonds is 3. The minimum atomic E-state index is -0.00755. The fraction of sp³-hybridized carbons (Fsp3) is 0.375. The molecular formula is C8H11NO3. The average Bonchev–Trinajstić information content (AvgIpc) is 2.25. The van der Waals surface area contributed by atoms with E-state index in [-0.39, 0.29) is 18.2 Å². The molecule has 2 N–H and O–H groups in total. The van der Waals surface area contributed by atoms with Crippen LogP contribution < -0.4 is 0 Å². The molecule has 0 aromatic carbocycles. The number of hydrogen-bond donors (Lipinski definition) is 2. The van der Waals surface area contributed by atoms with Crippen LogP contribution in [0.1, 0.15) is 12.0 Å². The van der Waals surface area contributed by atoms with Gasteiger partial charge in [0.05, 0.1) is 0 Å². The minimum Gasteiger partial charge on any atom is -0.494 e. The summed E-state index contributed by atoms with van der Waals surface area (Å²) in [5.74, 6) is 0.0150. The Balaban J connectivity index is 2.89. The summed E-state index contributed by atoms with van der Waals surface area (Å²) in [7, 11) is 0. The van der Waals surface area contributed by atoms with E-state index in [9.17, 15) is 15.0 Å². The van der Waals surface area contributed by atoms with Gasteiger partial charge in [-0.2, -0.15) is 0 Å². The van der Waals surface area contributed by atoms with Gasteiger partial charge in [-0.15, -0.1) is 0 Å². The molecule has 0 aliphatic rings. The fourth-order valence-electron chi connectivity index (χ4n) is 1.06. The van der Waals surface area contributed by atoms with Crippen molar-refractivity contribution >= 4 is 6.29 Å². The molecule has 0 radical (unpaired) electrons. The number of aromatic hydroxyl groups is 2. The highest BCUT2D eigenvalue weighted by Crippen LogP contribution is 2.26. The molecule has 0 bridgehead atoms. The van der Waals surface area contributed by atoms with E-state index >= 15 is 0 Å². The summed E-state index contributed by atoms with van der Waals surface area (Å²) in [4.78, 5) is 10.0. The van der Waals surface area contributed by atoms with E-state index in [4.69, 9.17) is 0 Å². The van der Waals surface area contributed by atoms with Crippen LogP contribution in [0.2, 0.25) is 0 Å². The lowest BCUT2D eigenvalue weighted by Gasteiger charge is -2.02. The van der Waals surface area contributed by atoms with Crippen molar-refractivity contribution in [2.45, 2.75) is 19.9 Å². The predicted molar refractivity (Wildman–Crippen MR) is 43.2 cm³/mol. The lowest BCUT2D eigenvalue weighted by atomic mass is 10.4. The Kier molecular flexibility index (Phi) is 2.38. The van der Waals surface area contributed by atoms with Crippen molar-refractivity contribution in [1.29, 1.82) is 0 Å². The van der Waals surface area contributed by atoms with E-state index in [1.54, 1.807) is 6.92 Å². The van der Waals surface area contributed by atoms with Gasteiger partial charge in [-0.25, -0.2) is 0 Å². The number of nitrogens with zero attached hydrogens (tertiary/aromatic N) is 1. The highest BCUT2D eigenvalue weighted by atomic mass is 16.3. The molecule has 0 aliphatic carbocycles. The first kappa shape index (κ1) is 8.64. The number of aryl methyl sites for hydroxylation is 1. The molecule has 0 amide bonds. The van der Waals surface area contributed by atoms with Gasteiger partial charge < -0.3 is 15.0 Å². The lowest BCUT2D eigenvalue weighted by Crippen LogP contribution is -1.96. The van der Waals surface area contributed by atoms with Gasteiger partial charge >= 0.3 is 0 Å². The largest absolute Gasteiger partial charge is 0.494 e. The van der Waals surface area contributed by atoms with Crippen LogP contribution >= 0.6 is 0 Å². The van der Waals surface area contributed by atoms with Gasteiger partial charge in [0.25, 0.3) is 0 Å². The molecule has 66 valence electrons. The Hall–Kier alpha value is -1.45. The van der Waals surface area contributed by atoms with Crippen molar-refractivity contribution in [3.8, 4) is 11.8 Å². The molecule has 0 atom stereocenters. The zero-order valence-corrected chi connectivity index (χ0v) is 6.82. The van der Waals surface area contributed by atoms with E-state index in [0.717, 1.165) is 6.29 Å². The van der Waals surface area contributed by atoms with Gasteiger partial charge in [0, 0.05) is 24.6 Å². The van der Waals surface area contributed by atoms with E-state index in [1.165, 1.54) is 10.6 Å². The molecule has 0 aliphatic heterocycles. The lowest BCUT2D eigenvalue weighted by molar-refractivity contribution is -0.108. The van der Waals surface area contributed by atoms with Crippen LogP contribution in [0, 0.1) is 6.92 Å². The van der Waals surface area contributed by atoms with E-state index in [2.05, 4.69) is 0 Å². The van der Waals surface area contributed by atoms with Crippen molar-refractivity contribution in [2.24, 2.45) is 0 Å². The van der Waals surface area contributed by atoms with Gasteiger partial charge in [-0.05, 0) is 6.92 Å². The molecule has 12 heavy (non-hydrogen) atoms. The number of hydrogen-bond acceptors (Lipinski definition) is 3. The molecule has 0 fully saturated rings. The second kappa shape index (κ2) is 3.30. The van der Waals surface area contributed by atoms with Gasteiger partial charge in [-0.3, -0.25) is 4.57 Å². The Morgan fingerprint density at radius 3 is 2.67 bits per heavy atom. The first-order valence-corrected chi connectivity index (χ1v) is 3.68. The molecule has 0 spiro atoms. The maximum absolute atomic E-state index is 10.0. The van der Waals surface area contributed by atoms with Crippen molar-refractivity contribution in [1.82, 2.24) is 4.57 Å². The van der Waals surface area contributed by atoms with E-state index in [0.29, 0.717) is 12.1 Å². The molecular weight excluding hydrogens is 158 g/mol. The first-order valence-electron chi connectivity index (χ1n) is 3.68. The normalized spacial score (nSPS) is 10.1. The quantitative estimate of drug-likeness (QED) is 0.658. The van der Waals surface area contributed by atoms with Crippen LogP contribution in [0.15, 0.2) is 6.07 Å². The van der Waals surface area contributed by atoms with Crippen molar-refractivity contribution in [3.05, 3.63) is 11.6 Å². The molecule has 0 saturated heterocycles. The van der Waals surface area contributed by atoms with Gasteiger partial charge in [0.1, 0.15) is 6.29 Å². The molecule has 4 nitrogen and oxygen atoms in total. The highest BCUT2D eigenvalue weighted by molar-refractivity contribution is 5.49. The van der Waals surface area contributed by atoms with E-state index in [1.807, 2.05) is 0 Å². The van der Waals surface area contributed by atoms with Crippen LogP contribution in [-0.2, 0) is 11.3 Å². The van der Waals surface area contributed by atoms with Crippen LogP contribution in [0.5, 0.6) is 11.8 Å². The topological polar surface area (TPSA) is 62.5 Å². The van der Waals surface area contributed by atoms with Crippen LogP contribution in [-0.4, -0.2) is 21.1 Å². The Morgan fingerprint density at radius 1 is 1.58 bits per heavy atom. The van der Waals surface area contributed by atoms with Crippen molar-refractivity contribution in [2.75, 3.05) is 0 Å². The Morgan fingerprint density at radius 2 is 2.25 bits per heavy atom. The molecule has 0 unspecified atom stereocenters. The molecule has 1 rings (SSSR count). The molecule has 0 saturated carbocycles. The average molecular weight is 169 g/mol. The first-order chi connectivity index (χ1) is 5.66. The third-order valence-corrected chi connectivity index (χ3v) is 1.70. The number of aldehydes is 1. The van der Waals surface area contributed by atoms with E-state index < -0.39 is 0 Å². The van der Waals surface area contributed by atoms with Crippen molar-refractivity contribution < 1.29 is 15.0 Å². The monoisotopic (exact) mass is 169 g/mol. The number of carbonyl (C=O) groups excluding carboxylic acids is 1. The van der Waals surface area contributed by atoms with Gasteiger partial charge in [0.15, 0.2) is 11.8 Å². The zero-order chi connectivity index (χ0) is 9.14. The summed E-state index contributed by atoms with van der Waals surface area (Å²) in [6.07, 6.45) is 1.03. The third kappa shape index (κ3) is 1.42. The molecule has 1 heterocycles.